The molecule has 1 aliphatic heterocycles. The fourth-order valence-corrected chi connectivity index (χ4v) is 3.70. The number of rotatable bonds is 4. The summed E-state index contributed by atoms with van der Waals surface area (Å²) in [4.78, 5) is 16.8. The van der Waals surface area contributed by atoms with Crippen LogP contribution in [0.1, 0.15) is 36.5 Å². The first kappa shape index (κ1) is 16.8. The van der Waals surface area contributed by atoms with Crippen LogP contribution in [0.25, 0.3) is 0 Å². The lowest BCUT2D eigenvalue weighted by Gasteiger charge is -2.08. The van der Waals surface area contributed by atoms with Crippen molar-refractivity contribution in [3.63, 3.8) is 0 Å². The van der Waals surface area contributed by atoms with Gasteiger partial charge in [-0.3, -0.25) is 4.79 Å². The van der Waals surface area contributed by atoms with Crippen LogP contribution in [0.2, 0.25) is 0 Å². The molecule has 1 amide bonds. The van der Waals surface area contributed by atoms with Gasteiger partial charge in [0.2, 0.25) is 5.91 Å². The average molecular weight is 338 g/mol. The summed E-state index contributed by atoms with van der Waals surface area (Å²) in [6, 6.07) is 16.4. The van der Waals surface area contributed by atoms with E-state index in [4.69, 9.17) is 0 Å². The number of aliphatic imine (C=N–C) groups is 1. The van der Waals surface area contributed by atoms with Crippen LogP contribution in [0.3, 0.4) is 0 Å². The summed E-state index contributed by atoms with van der Waals surface area (Å²) in [5.41, 5.74) is 4.60. The molecule has 0 bridgehead atoms. The monoisotopic (exact) mass is 338 g/mol. The molecule has 1 atom stereocenters. The second-order valence-electron chi connectivity index (χ2n) is 6.39. The quantitative estimate of drug-likeness (QED) is 0.886. The average Bonchev–Trinajstić information content (AvgIpc) is 2.89. The van der Waals surface area contributed by atoms with Gasteiger partial charge in [-0.05, 0) is 48.1 Å². The largest absolute Gasteiger partial charge is 0.304 e. The summed E-state index contributed by atoms with van der Waals surface area (Å²) in [6.07, 6.45) is 0.731. The third kappa shape index (κ3) is 3.88. The molecule has 2 aromatic rings. The number of nitrogens with zero attached hydrogens (tertiary/aromatic N) is 1. The van der Waals surface area contributed by atoms with Gasteiger partial charge in [0, 0.05) is 0 Å². The van der Waals surface area contributed by atoms with Crippen LogP contribution in [-0.2, 0) is 11.2 Å². The number of hydrogen-bond donors (Lipinski definition) is 1. The zero-order valence-electron chi connectivity index (χ0n) is 14.2. The highest BCUT2D eigenvalue weighted by Crippen LogP contribution is 2.27. The minimum absolute atomic E-state index is 0.0424. The van der Waals surface area contributed by atoms with Crippen LogP contribution in [0, 0.1) is 6.92 Å². The SMILES string of the molecule is Cc1ccccc1CC1SC(=Nc2ccc(C(C)C)cc2)NC1=O. The molecule has 0 aliphatic carbocycles. The van der Waals surface area contributed by atoms with Crippen molar-refractivity contribution in [1.82, 2.24) is 5.32 Å². The van der Waals surface area contributed by atoms with E-state index in [1.807, 2.05) is 24.3 Å². The van der Waals surface area contributed by atoms with Gasteiger partial charge in [-0.25, -0.2) is 4.99 Å². The van der Waals surface area contributed by atoms with Crippen LogP contribution < -0.4 is 5.32 Å². The Morgan fingerprint density at radius 3 is 2.50 bits per heavy atom. The molecule has 124 valence electrons. The van der Waals surface area contributed by atoms with E-state index < -0.39 is 0 Å². The van der Waals surface area contributed by atoms with Crippen molar-refractivity contribution in [1.29, 1.82) is 0 Å². The number of carbonyl (C=O) groups is 1. The summed E-state index contributed by atoms with van der Waals surface area (Å²) < 4.78 is 0. The van der Waals surface area contributed by atoms with Gasteiger partial charge in [0.15, 0.2) is 5.17 Å². The Morgan fingerprint density at radius 1 is 1.12 bits per heavy atom. The molecule has 0 saturated carbocycles. The number of nitrogens with one attached hydrogen (secondary N) is 1. The third-order valence-corrected chi connectivity index (χ3v) is 5.32. The van der Waals surface area contributed by atoms with E-state index >= 15 is 0 Å². The van der Waals surface area contributed by atoms with Gasteiger partial charge >= 0.3 is 0 Å². The standard InChI is InChI=1S/C20H22N2OS/c1-13(2)15-8-10-17(11-9-15)21-20-22-19(23)18(24-20)12-16-7-5-4-6-14(16)3/h4-11,13,18H,12H2,1-3H3,(H,21,22,23). The van der Waals surface area contributed by atoms with Crippen molar-refractivity contribution in [3.05, 3.63) is 65.2 Å². The van der Waals surface area contributed by atoms with Crippen LogP contribution in [0.15, 0.2) is 53.5 Å². The zero-order chi connectivity index (χ0) is 17.1. The van der Waals surface area contributed by atoms with Crippen molar-refractivity contribution in [3.8, 4) is 0 Å². The summed E-state index contributed by atoms with van der Waals surface area (Å²) in [6.45, 7) is 6.42. The molecule has 0 spiro atoms. The first-order valence-corrected chi connectivity index (χ1v) is 9.11. The highest BCUT2D eigenvalue weighted by molar-refractivity contribution is 8.15. The molecular weight excluding hydrogens is 316 g/mol. The van der Waals surface area contributed by atoms with Crippen molar-refractivity contribution < 1.29 is 4.79 Å². The third-order valence-electron chi connectivity index (χ3n) is 4.23. The van der Waals surface area contributed by atoms with E-state index in [1.54, 1.807) is 0 Å². The van der Waals surface area contributed by atoms with Crippen molar-refractivity contribution in [2.24, 2.45) is 4.99 Å². The normalized spacial score (nSPS) is 19.1. The lowest BCUT2D eigenvalue weighted by molar-refractivity contribution is -0.118. The van der Waals surface area contributed by atoms with Gasteiger partial charge in [0.05, 0.1) is 10.9 Å². The number of amides is 1. The van der Waals surface area contributed by atoms with Gasteiger partial charge < -0.3 is 5.32 Å². The summed E-state index contributed by atoms with van der Waals surface area (Å²) in [7, 11) is 0. The number of thioether (sulfide) groups is 1. The summed E-state index contributed by atoms with van der Waals surface area (Å²) >= 11 is 1.52. The van der Waals surface area contributed by atoms with Gasteiger partial charge in [-0.2, -0.15) is 0 Å². The van der Waals surface area contributed by atoms with Gasteiger partial charge in [-0.1, -0.05) is 62.0 Å². The van der Waals surface area contributed by atoms with Crippen LogP contribution in [-0.4, -0.2) is 16.3 Å². The number of hydrogen-bond acceptors (Lipinski definition) is 3. The molecule has 1 fully saturated rings. The second-order valence-corrected chi connectivity index (χ2v) is 7.58. The summed E-state index contributed by atoms with van der Waals surface area (Å²) in [5.74, 6) is 0.548. The van der Waals surface area contributed by atoms with Gasteiger partial charge in [0.1, 0.15) is 0 Å². The molecule has 1 N–H and O–H groups in total. The van der Waals surface area contributed by atoms with Crippen molar-refractivity contribution in [2.75, 3.05) is 0 Å². The molecule has 1 saturated heterocycles. The smallest absolute Gasteiger partial charge is 0.239 e. The predicted octanol–water partition coefficient (Wildman–Crippen LogP) is 4.58. The maximum absolute atomic E-state index is 12.2. The van der Waals surface area contributed by atoms with E-state index in [2.05, 4.69) is 55.3 Å². The molecule has 0 radical (unpaired) electrons. The molecule has 1 aliphatic rings. The Morgan fingerprint density at radius 2 is 1.83 bits per heavy atom. The molecule has 3 rings (SSSR count). The zero-order valence-corrected chi connectivity index (χ0v) is 15.1. The highest BCUT2D eigenvalue weighted by atomic mass is 32.2. The molecule has 4 heteroatoms. The minimum Gasteiger partial charge on any atom is -0.304 e. The molecule has 24 heavy (non-hydrogen) atoms. The Labute approximate surface area is 147 Å². The fraction of sp³-hybridized carbons (Fsp3) is 0.300. The van der Waals surface area contributed by atoms with E-state index in [0.717, 1.165) is 12.1 Å². The van der Waals surface area contributed by atoms with E-state index in [0.29, 0.717) is 11.1 Å². The predicted molar refractivity (Wildman–Crippen MR) is 102 cm³/mol. The van der Waals surface area contributed by atoms with Crippen LogP contribution in [0.4, 0.5) is 5.69 Å². The Hall–Kier alpha value is -2.07. The van der Waals surface area contributed by atoms with Gasteiger partial charge in [0.25, 0.3) is 0 Å². The first-order chi connectivity index (χ1) is 11.5. The summed E-state index contributed by atoms with van der Waals surface area (Å²) in [5, 5.41) is 3.48. The lowest BCUT2D eigenvalue weighted by atomic mass is 10.0. The maximum atomic E-state index is 12.2. The van der Waals surface area contributed by atoms with Crippen LogP contribution in [0.5, 0.6) is 0 Å². The molecule has 0 aromatic heterocycles. The van der Waals surface area contributed by atoms with E-state index in [9.17, 15) is 4.79 Å². The first-order valence-electron chi connectivity index (χ1n) is 8.23. The fourth-order valence-electron chi connectivity index (χ4n) is 2.68. The Kier molecular flexibility index (Phi) is 5.05. The molecule has 3 nitrogen and oxygen atoms in total. The molecule has 2 aromatic carbocycles. The topological polar surface area (TPSA) is 41.5 Å². The molecular formula is C20H22N2OS. The van der Waals surface area contributed by atoms with Crippen molar-refractivity contribution >= 4 is 28.5 Å². The Balaban J connectivity index is 1.71. The van der Waals surface area contributed by atoms with Gasteiger partial charge in [-0.15, -0.1) is 0 Å². The van der Waals surface area contributed by atoms with Crippen LogP contribution >= 0.6 is 11.8 Å². The molecule has 1 unspecified atom stereocenters. The van der Waals surface area contributed by atoms with Crippen molar-refractivity contribution in [2.45, 2.75) is 38.4 Å². The Bertz CT molecular complexity index is 765. The second kappa shape index (κ2) is 7.22. The molecule has 1 heterocycles. The minimum atomic E-state index is -0.111. The van der Waals surface area contributed by atoms with E-state index in [1.165, 1.54) is 28.5 Å². The number of carbonyl (C=O) groups excluding carboxylic acids is 1. The lowest BCUT2D eigenvalue weighted by Crippen LogP contribution is -2.26. The number of benzene rings is 2. The highest BCUT2D eigenvalue weighted by Gasteiger charge is 2.30. The maximum Gasteiger partial charge on any atom is 0.239 e. The number of amidine groups is 1. The number of aryl methyl sites for hydroxylation is 1. The van der Waals surface area contributed by atoms with E-state index in [-0.39, 0.29) is 11.2 Å².